The second-order valence-corrected chi connectivity index (χ2v) is 13.6. The second kappa shape index (κ2) is 14.7. The van der Waals surface area contributed by atoms with E-state index in [9.17, 15) is 9.00 Å². The van der Waals surface area contributed by atoms with Gasteiger partial charge in [0, 0.05) is 36.7 Å². The van der Waals surface area contributed by atoms with Crippen LogP contribution in [0.15, 0.2) is 48.6 Å². The van der Waals surface area contributed by atoms with Gasteiger partial charge in [0.15, 0.2) is 0 Å². The molecule has 1 amide bonds. The van der Waals surface area contributed by atoms with E-state index in [1.165, 1.54) is 24.0 Å². The highest BCUT2D eigenvalue weighted by atomic mass is 35.5. The average molecular weight is 601 g/mol. The number of halogens is 1. The fraction of sp³-hybridized carbons (Fsp3) is 0.545. The van der Waals surface area contributed by atoms with Crippen molar-refractivity contribution in [1.29, 1.82) is 0 Å². The number of nitrogens with one attached hydrogen (secondary N) is 1. The number of hydrogen-bond acceptors (Lipinski definition) is 5. The lowest BCUT2D eigenvalue weighted by atomic mass is 9.71. The van der Waals surface area contributed by atoms with Crippen LogP contribution >= 0.6 is 11.6 Å². The van der Waals surface area contributed by atoms with Crippen LogP contribution in [0.2, 0.25) is 5.02 Å². The van der Waals surface area contributed by atoms with Crippen molar-refractivity contribution >= 4 is 34.2 Å². The highest BCUT2D eigenvalue weighted by Gasteiger charge is 2.35. The smallest absolute Gasteiger partial charge is 0.263 e. The standard InChI is InChI=1S/C32H41ClN2O3S.CH4O/c1-4-7-24-16-28(33)13-14-29(24)27-19-35-18-26-11-10-23(26)9-6-5-8-21(2)22(3)39(37)34-32(36)25-12-15-31(38-20-27)30(35)17-25;1-2/h5-6,12-17,21-23,26-27H,4,7-11,18-20H2,1-3H3,(H,34,36);2H,1H3/b6-5+;. The minimum Gasteiger partial charge on any atom is -0.491 e. The number of carbonyl (C=O) groups excluding carboxylic acids is 1. The van der Waals surface area contributed by atoms with Crippen molar-refractivity contribution in [3.63, 3.8) is 0 Å². The van der Waals surface area contributed by atoms with Gasteiger partial charge in [-0.05, 0) is 98.2 Å². The van der Waals surface area contributed by atoms with Crippen molar-refractivity contribution in [3.05, 3.63) is 70.3 Å². The van der Waals surface area contributed by atoms with Crippen LogP contribution in [0.3, 0.4) is 0 Å². The van der Waals surface area contributed by atoms with Gasteiger partial charge in [-0.25, -0.2) is 4.21 Å². The Morgan fingerprint density at radius 2 is 1.80 bits per heavy atom. The highest BCUT2D eigenvalue weighted by molar-refractivity contribution is 7.84. The van der Waals surface area contributed by atoms with Crippen LogP contribution in [-0.2, 0) is 17.4 Å². The molecule has 5 rings (SSSR count). The highest BCUT2D eigenvalue weighted by Crippen LogP contribution is 2.42. The average Bonchev–Trinajstić information content (AvgIpc) is 3.14. The number of allylic oxidation sites excluding steroid dienone is 2. The lowest BCUT2D eigenvalue weighted by Crippen LogP contribution is -2.40. The summed E-state index contributed by atoms with van der Waals surface area (Å²) in [7, 11) is -0.461. The van der Waals surface area contributed by atoms with Gasteiger partial charge in [0.2, 0.25) is 0 Å². The Morgan fingerprint density at radius 1 is 1.05 bits per heavy atom. The Bertz CT molecular complexity index is 1250. The molecule has 2 aromatic rings. The van der Waals surface area contributed by atoms with Crippen molar-refractivity contribution in [2.45, 2.75) is 70.5 Å². The number of fused-ring (bicyclic) bond motifs is 2. The number of aliphatic hydroxyl groups excluding tert-OH is 1. The van der Waals surface area contributed by atoms with Gasteiger partial charge in [-0.1, -0.05) is 50.1 Å². The van der Waals surface area contributed by atoms with E-state index in [0.717, 1.165) is 62.3 Å². The summed E-state index contributed by atoms with van der Waals surface area (Å²) in [5.41, 5.74) is 4.06. The molecule has 2 aromatic carbocycles. The van der Waals surface area contributed by atoms with Gasteiger partial charge >= 0.3 is 0 Å². The minimum absolute atomic E-state index is 0.138. The molecule has 224 valence electrons. The first-order valence-electron chi connectivity index (χ1n) is 15.0. The fourth-order valence-electron chi connectivity index (χ4n) is 6.15. The first kappa shape index (κ1) is 31.6. The summed E-state index contributed by atoms with van der Waals surface area (Å²) in [5, 5.41) is 7.63. The quantitative estimate of drug-likeness (QED) is 0.384. The number of nitrogens with zero attached hydrogens (tertiary/aromatic N) is 1. The summed E-state index contributed by atoms with van der Waals surface area (Å²) in [4.78, 5) is 15.7. The van der Waals surface area contributed by atoms with E-state index in [0.29, 0.717) is 24.0 Å². The molecule has 8 heteroatoms. The van der Waals surface area contributed by atoms with Gasteiger partial charge < -0.3 is 14.7 Å². The Hall–Kier alpha value is -2.35. The molecule has 1 aliphatic carbocycles. The molecule has 0 radical (unpaired) electrons. The summed E-state index contributed by atoms with van der Waals surface area (Å²) < 4.78 is 22.2. The summed E-state index contributed by atoms with van der Waals surface area (Å²) in [6, 6.07) is 11.9. The molecule has 2 aliphatic heterocycles. The molecule has 1 saturated carbocycles. The van der Waals surface area contributed by atoms with Crippen molar-refractivity contribution in [1.82, 2.24) is 4.72 Å². The number of anilines is 1. The van der Waals surface area contributed by atoms with Crippen LogP contribution in [0.5, 0.6) is 5.75 Å². The third-order valence-electron chi connectivity index (χ3n) is 8.98. The Kier molecular flexibility index (Phi) is 11.3. The first-order valence-corrected chi connectivity index (χ1v) is 16.5. The molecule has 1 fully saturated rings. The predicted molar refractivity (Wildman–Crippen MR) is 169 cm³/mol. The summed E-state index contributed by atoms with van der Waals surface area (Å²) in [6.45, 7) is 8.58. The van der Waals surface area contributed by atoms with E-state index in [1.807, 2.05) is 25.1 Å². The zero-order chi connectivity index (χ0) is 29.5. The molecule has 3 aliphatic rings. The SMILES string of the molecule is CCCc1cc(Cl)ccc1C1COc2ccc3cc2N(C1)CC1CCC1C/C=C/CC(C)C(C)S(=O)NC3=O.CO. The Morgan fingerprint density at radius 3 is 2.54 bits per heavy atom. The number of benzene rings is 2. The molecular formula is C33H45ClN2O4S. The molecule has 0 spiro atoms. The van der Waals surface area contributed by atoms with Crippen LogP contribution < -0.4 is 14.4 Å². The van der Waals surface area contributed by atoms with E-state index in [4.69, 9.17) is 21.4 Å². The number of aryl methyl sites for hydroxylation is 1. The number of aliphatic hydroxyl groups is 1. The van der Waals surface area contributed by atoms with Crippen LogP contribution in [-0.4, -0.2) is 47.3 Å². The van der Waals surface area contributed by atoms with Gasteiger partial charge in [-0.2, -0.15) is 0 Å². The number of carbonyl (C=O) groups is 1. The molecule has 6 nitrogen and oxygen atoms in total. The Balaban J connectivity index is 0.00000189. The van der Waals surface area contributed by atoms with Gasteiger partial charge in [0.05, 0.1) is 17.5 Å². The van der Waals surface area contributed by atoms with Gasteiger partial charge in [0.25, 0.3) is 5.91 Å². The van der Waals surface area contributed by atoms with E-state index in [1.54, 1.807) is 6.07 Å². The minimum atomic E-state index is -1.46. The third kappa shape index (κ3) is 7.54. The first-order chi connectivity index (χ1) is 19.8. The lowest BCUT2D eigenvalue weighted by Gasteiger charge is -2.41. The normalized spacial score (nSPS) is 28.9. The van der Waals surface area contributed by atoms with Gasteiger partial charge in [-0.15, -0.1) is 0 Å². The van der Waals surface area contributed by atoms with Crippen molar-refractivity contribution in [2.75, 3.05) is 31.7 Å². The topological polar surface area (TPSA) is 78.9 Å². The monoisotopic (exact) mass is 600 g/mol. The summed E-state index contributed by atoms with van der Waals surface area (Å²) >= 11 is 6.39. The zero-order valence-corrected chi connectivity index (χ0v) is 26.3. The van der Waals surface area contributed by atoms with Crippen molar-refractivity contribution in [3.8, 4) is 5.75 Å². The summed E-state index contributed by atoms with van der Waals surface area (Å²) in [5.74, 6) is 2.18. The number of rotatable bonds is 3. The van der Waals surface area contributed by atoms with E-state index in [-0.39, 0.29) is 23.0 Å². The number of amides is 1. The van der Waals surface area contributed by atoms with Crippen LogP contribution in [0.25, 0.3) is 0 Å². The second-order valence-electron chi connectivity index (χ2n) is 11.6. The van der Waals surface area contributed by atoms with Crippen LogP contribution in [0.1, 0.15) is 80.3 Å². The molecule has 6 unspecified atom stereocenters. The van der Waals surface area contributed by atoms with E-state index in [2.05, 4.69) is 47.8 Å². The van der Waals surface area contributed by atoms with Crippen molar-refractivity contribution in [2.24, 2.45) is 17.8 Å². The van der Waals surface area contributed by atoms with Gasteiger partial charge in [-0.3, -0.25) is 9.52 Å². The molecule has 2 heterocycles. The lowest BCUT2D eigenvalue weighted by molar-refractivity contribution is 0.0982. The third-order valence-corrected chi connectivity index (χ3v) is 10.7. The molecule has 2 N–H and O–H groups in total. The fourth-order valence-corrected chi connectivity index (χ4v) is 7.37. The van der Waals surface area contributed by atoms with E-state index < -0.39 is 11.0 Å². The maximum atomic E-state index is 13.2. The zero-order valence-electron chi connectivity index (χ0n) is 24.8. The summed E-state index contributed by atoms with van der Waals surface area (Å²) in [6.07, 6.45) is 11.0. The molecule has 0 saturated heterocycles. The Labute approximate surface area is 253 Å². The maximum absolute atomic E-state index is 13.2. The van der Waals surface area contributed by atoms with Crippen molar-refractivity contribution < 1.29 is 18.8 Å². The maximum Gasteiger partial charge on any atom is 0.263 e. The molecule has 0 aromatic heterocycles. The number of hydrogen-bond donors (Lipinski definition) is 2. The van der Waals surface area contributed by atoms with Gasteiger partial charge in [0.1, 0.15) is 16.7 Å². The molecule has 2 bridgehead atoms. The molecule has 41 heavy (non-hydrogen) atoms. The largest absolute Gasteiger partial charge is 0.491 e. The van der Waals surface area contributed by atoms with Crippen LogP contribution in [0.4, 0.5) is 5.69 Å². The predicted octanol–water partition coefficient (Wildman–Crippen LogP) is 6.68. The molecular weight excluding hydrogens is 556 g/mol. The van der Waals surface area contributed by atoms with E-state index >= 15 is 0 Å². The van der Waals surface area contributed by atoms with Crippen LogP contribution in [0, 0.1) is 17.8 Å². The number of ether oxygens (including phenoxy) is 1. The molecule has 6 atom stereocenters.